The van der Waals surface area contributed by atoms with Crippen molar-refractivity contribution in [2.75, 3.05) is 25.4 Å². The summed E-state index contributed by atoms with van der Waals surface area (Å²) in [6.07, 6.45) is 0.0599. The summed E-state index contributed by atoms with van der Waals surface area (Å²) in [5.41, 5.74) is 5.15. The lowest BCUT2D eigenvalue weighted by Gasteiger charge is -2.08. The third-order valence-electron chi connectivity index (χ3n) is 1.27. The second kappa shape index (κ2) is 8.43. The van der Waals surface area contributed by atoms with Gasteiger partial charge in [0.25, 0.3) is 0 Å². The Labute approximate surface area is 91.8 Å². The number of sulfonamides is 1. The number of hydrogen-bond donors (Lipinski definition) is 2. The van der Waals surface area contributed by atoms with Crippen molar-refractivity contribution in [1.82, 2.24) is 4.72 Å². The van der Waals surface area contributed by atoms with E-state index in [0.717, 1.165) is 0 Å². The van der Waals surface area contributed by atoms with Crippen LogP contribution in [0, 0.1) is 0 Å². The number of ether oxygens (including phenoxy) is 1. The minimum atomic E-state index is -3.19. The summed E-state index contributed by atoms with van der Waals surface area (Å²) in [5.74, 6) is -0.00875. The zero-order valence-electron chi connectivity index (χ0n) is 8.52. The monoisotopic (exact) mass is 246 g/mol. The van der Waals surface area contributed by atoms with Crippen molar-refractivity contribution in [3.63, 3.8) is 0 Å². The summed E-state index contributed by atoms with van der Waals surface area (Å²) in [6, 6.07) is 0. The van der Waals surface area contributed by atoms with Crippen molar-refractivity contribution in [3.8, 4) is 0 Å². The van der Waals surface area contributed by atoms with Crippen LogP contribution in [0.2, 0.25) is 0 Å². The standard InChI is InChI=1S/C7H18N2O3S.ClH/c1-7(2)12-5-6-13(10,11)9-4-3-8;/h7,9H,3-6,8H2,1-2H3;1H. The highest BCUT2D eigenvalue weighted by Gasteiger charge is 2.08. The molecule has 0 atom stereocenters. The van der Waals surface area contributed by atoms with E-state index in [-0.39, 0.29) is 37.4 Å². The van der Waals surface area contributed by atoms with Gasteiger partial charge in [-0.3, -0.25) is 0 Å². The van der Waals surface area contributed by atoms with Gasteiger partial charge in [-0.1, -0.05) is 0 Å². The van der Waals surface area contributed by atoms with E-state index in [1.165, 1.54) is 0 Å². The van der Waals surface area contributed by atoms with Crippen molar-refractivity contribution in [3.05, 3.63) is 0 Å². The molecule has 0 aromatic heterocycles. The van der Waals surface area contributed by atoms with Gasteiger partial charge in [-0.15, -0.1) is 12.4 Å². The number of halogens is 1. The highest BCUT2D eigenvalue weighted by molar-refractivity contribution is 7.89. The maximum Gasteiger partial charge on any atom is 0.213 e. The summed E-state index contributed by atoms with van der Waals surface area (Å²) >= 11 is 0. The molecule has 3 N–H and O–H groups in total. The molecule has 88 valence electrons. The lowest BCUT2D eigenvalue weighted by atomic mass is 10.5. The maximum atomic E-state index is 11.1. The van der Waals surface area contributed by atoms with Gasteiger partial charge in [-0.25, -0.2) is 13.1 Å². The van der Waals surface area contributed by atoms with Gasteiger partial charge in [0.2, 0.25) is 10.0 Å². The molecule has 0 saturated carbocycles. The lowest BCUT2D eigenvalue weighted by Crippen LogP contribution is -2.32. The van der Waals surface area contributed by atoms with E-state index >= 15 is 0 Å². The Morgan fingerprint density at radius 1 is 1.43 bits per heavy atom. The van der Waals surface area contributed by atoms with Crippen LogP contribution in [-0.4, -0.2) is 40.0 Å². The van der Waals surface area contributed by atoms with Crippen LogP contribution in [0.5, 0.6) is 0 Å². The van der Waals surface area contributed by atoms with Crippen LogP contribution in [-0.2, 0) is 14.8 Å². The quantitative estimate of drug-likeness (QED) is 0.647. The fourth-order valence-corrected chi connectivity index (χ4v) is 1.57. The van der Waals surface area contributed by atoms with Crippen LogP contribution in [0.25, 0.3) is 0 Å². The molecule has 0 aromatic carbocycles. The Hall–Kier alpha value is 0.120. The van der Waals surface area contributed by atoms with E-state index in [0.29, 0.717) is 6.54 Å². The van der Waals surface area contributed by atoms with E-state index in [9.17, 15) is 8.42 Å². The molecule has 0 aliphatic carbocycles. The Kier molecular flexibility index (Phi) is 9.96. The fourth-order valence-electron chi connectivity index (χ4n) is 0.680. The summed E-state index contributed by atoms with van der Waals surface area (Å²) in [4.78, 5) is 0. The first kappa shape index (κ1) is 16.5. The number of rotatable bonds is 7. The molecule has 14 heavy (non-hydrogen) atoms. The van der Waals surface area contributed by atoms with Gasteiger partial charge in [-0.2, -0.15) is 0 Å². The molecule has 0 fully saturated rings. The summed E-state index contributed by atoms with van der Waals surface area (Å²) in [6.45, 7) is 4.53. The Bertz CT molecular complexity index is 219. The molecule has 0 aromatic rings. The molecule has 0 aliphatic rings. The molecule has 0 aliphatic heterocycles. The molecule has 7 heteroatoms. The van der Waals surface area contributed by atoms with Crippen molar-refractivity contribution in [2.45, 2.75) is 20.0 Å². The fraction of sp³-hybridized carbons (Fsp3) is 1.00. The normalized spacial score (nSPS) is 11.4. The van der Waals surface area contributed by atoms with E-state index in [2.05, 4.69) is 4.72 Å². The predicted molar refractivity (Wildman–Crippen MR) is 59.2 cm³/mol. The van der Waals surface area contributed by atoms with Gasteiger partial charge in [0.05, 0.1) is 18.5 Å². The Morgan fingerprint density at radius 2 is 2.00 bits per heavy atom. The van der Waals surface area contributed by atoms with Gasteiger partial charge < -0.3 is 10.5 Å². The van der Waals surface area contributed by atoms with E-state index < -0.39 is 10.0 Å². The average Bonchev–Trinajstić information content (AvgIpc) is 2.00. The second-order valence-electron chi connectivity index (χ2n) is 2.92. The van der Waals surface area contributed by atoms with Crippen LogP contribution in [0.3, 0.4) is 0 Å². The summed E-state index contributed by atoms with van der Waals surface area (Å²) < 4.78 is 29.7. The van der Waals surface area contributed by atoms with E-state index in [1.54, 1.807) is 0 Å². The van der Waals surface area contributed by atoms with E-state index in [4.69, 9.17) is 10.5 Å². The molecule has 0 bridgehead atoms. The Morgan fingerprint density at radius 3 is 2.43 bits per heavy atom. The van der Waals surface area contributed by atoms with Crippen LogP contribution in [0.15, 0.2) is 0 Å². The molecule has 0 spiro atoms. The smallest absolute Gasteiger partial charge is 0.213 e. The first-order chi connectivity index (χ1) is 5.98. The van der Waals surface area contributed by atoms with Crippen molar-refractivity contribution in [2.24, 2.45) is 5.73 Å². The Balaban J connectivity index is 0. The molecule has 0 rings (SSSR count). The maximum absolute atomic E-state index is 11.1. The van der Waals surface area contributed by atoms with Gasteiger partial charge in [-0.05, 0) is 13.8 Å². The van der Waals surface area contributed by atoms with Gasteiger partial charge in [0.15, 0.2) is 0 Å². The second-order valence-corrected chi connectivity index (χ2v) is 4.85. The highest BCUT2D eigenvalue weighted by Crippen LogP contribution is 1.90. The number of hydrogen-bond acceptors (Lipinski definition) is 4. The van der Waals surface area contributed by atoms with E-state index in [1.807, 2.05) is 13.8 Å². The van der Waals surface area contributed by atoms with Crippen molar-refractivity contribution in [1.29, 1.82) is 0 Å². The number of nitrogens with one attached hydrogen (secondary N) is 1. The number of nitrogens with two attached hydrogens (primary N) is 1. The van der Waals surface area contributed by atoms with Crippen molar-refractivity contribution >= 4 is 22.4 Å². The van der Waals surface area contributed by atoms with Gasteiger partial charge in [0.1, 0.15) is 0 Å². The molecule has 0 unspecified atom stereocenters. The van der Waals surface area contributed by atoms with Crippen LogP contribution in [0.4, 0.5) is 0 Å². The first-order valence-electron chi connectivity index (χ1n) is 4.27. The highest BCUT2D eigenvalue weighted by atomic mass is 35.5. The van der Waals surface area contributed by atoms with Crippen molar-refractivity contribution < 1.29 is 13.2 Å². The summed E-state index contributed by atoms with van der Waals surface area (Å²) in [5, 5.41) is 0. The molecule has 0 heterocycles. The van der Waals surface area contributed by atoms with Crippen LogP contribution >= 0.6 is 12.4 Å². The third kappa shape index (κ3) is 10.2. The predicted octanol–water partition coefficient (Wildman–Crippen LogP) is -0.289. The first-order valence-corrected chi connectivity index (χ1v) is 5.92. The van der Waals surface area contributed by atoms with Gasteiger partial charge in [0, 0.05) is 13.1 Å². The van der Waals surface area contributed by atoms with Crippen LogP contribution < -0.4 is 10.5 Å². The minimum absolute atomic E-state index is 0. The minimum Gasteiger partial charge on any atom is -0.378 e. The topological polar surface area (TPSA) is 81.4 Å². The van der Waals surface area contributed by atoms with Crippen LogP contribution in [0.1, 0.15) is 13.8 Å². The largest absolute Gasteiger partial charge is 0.378 e. The summed E-state index contributed by atoms with van der Waals surface area (Å²) in [7, 11) is -3.19. The zero-order chi connectivity index (χ0) is 10.3. The molecule has 0 radical (unpaired) electrons. The van der Waals surface area contributed by atoms with Gasteiger partial charge >= 0.3 is 0 Å². The molecular weight excluding hydrogens is 228 g/mol. The molecule has 0 saturated heterocycles. The molecular formula is C7H19ClN2O3S. The lowest BCUT2D eigenvalue weighted by molar-refractivity contribution is 0.0911. The molecule has 0 amide bonds. The third-order valence-corrected chi connectivity index (χ3v) is 2.62. The SMILES string of the molecule is CC(C)OCCS(=O)(=O)NCCN.Cl. The zero-order valence-corrected chi connectivity index (χ0v) is 10.2. The molecule has 5 nitrogen and oxygen atoms in total. The average molecular weight is 247 g/mol.